The number of nitrogens with one attached hydrogen (secondary N) is 2. The van der Waals surface area contributed by atoms with Gasteiger partial charge in [0.15, 0.2) is 0 Å². The Balaban J connectivity index is 1.76. The van der Waals surface area contributed by atoms with E-state index in [1.807, 2.05) is 6.08 Å². The fourth-order valence-corrected chi connectivity index (χ4v) is 3.75. The number of carbonyl (C=O) groups is 1. The molecule has 0 unspecified atom stereocenters. The molecule has 0 fully saturated rings. The van der Waals surface area contributed by atoms with Crippen LogP contribution < -0.4 is 10.0 Å². The van der Waals surface area contributed by atoms with E-state index in [-0.39, 0.29) is 22.1 Å². The number of anilines is 1. The van der Waals surface area contributed by atoms with Crippen LogP contribution in [0.15, 0.2) is 83.3 Å². The number of amides is 1. The molecule has 2 aromatic rings. The van der Waals surface area contributed by atoms with Crippen LogP contribution >= 0.6 is 0 Å². The molecule has 0 aromatic heterocycles. The molecule has 3 rings (SSSR count). The lowest BCUT2D eigenvalue weighted by atomic mass is 10.1. The van der Waals surface area contributed by atoms with Crippen molar-refractivity contribution in [3.8, 4) is 0 Å². The second kappa shape index (κ2) is 8.01. The molecule has 1 aliphatic carbocycles. The van der Waals surface area contributed by atoms with Crippen LogP contribution in [-0.2, 0) is 10.0 Å². The third-order valence-electron chi connectivity index (χ3n) is 3.99. The number of allylic oxidation sites excluding steroid dienone is 2. The van der Waals surface area contributed by atoms with Crippen LogP contribution in [0.5, 0.6) is 0 Å². The fraction of sp³-hybridized carbons (Fsp3) is 0.150. The molecule has 2 N–H and O–H groups in total. The number of benzene rings is 2. The highest BCUT2D eigenvalue weighted by Crippen LogP contribution is 2.20. The summed E-state index contributed by atoms with van der Waals surface area (Å²) in [4.78, 5) is 12.7. The Bertz CT molecular complexity index is 948. The van der Waals surface area contributed by atoms with Crippen LogP contribution in [0.25, 0.3) is 0 Å². The van der Waals surface area contributed by atoms with E-state index in [1.54, 1.807) is 42.5 Å². The highest BCUT2D eigenvalue weighted by atomic mass is 32.2. The largest absolute Gasteiger partial charge is 0.348 e. The molecule has 0 spiro atoms. The summed E-state index contributed by atoms with van der Waals surface area (Å²) in [6.07, 6.45) is 8.14. The lowest BCUT2D eigenvalue weighted by molar-refractivity contribution is 0.0958. The molecule has 0 bridgehead atoms. The van der Waals surface area contributed by atoms with Crippen molar-refractivity contribution in [3.05, 3.63) is 84.0 Å². The maximum Gasteiger partial charge on any atom is 0.261 e. The van der Waals surface area contributed by atoms with Gasteiger partial charge in [-0.1, -0.05) is 48.6 Å². The van der Waals surface area contributed by atoms with Gasteiger partial charge in [-0.3, -0.25) is 9.52 Å². The molecule has 0 atom stereocenters. The van der Waals surface area contributed by atoms with E-state index in [0.29, 0.717) is 6.54 Å². The standard InChI is InChI=1S/C20H20N2O3S/c23-20(21-15-16-9-3-1-4-10-16)18-13-7-8-14-19(18)22-26(24,25)17-11-5-2-6-12-17/h2-3,5-14,22H,1,4,15H2,(H,21,23). The van der Waals surface area contributed by atoms with Gasteiger partial charge in [0.25, 0.3) is 15.9 Å². The maximum absolute atomic E-state index is 12.5. The van der Waals surface area contributed by atoms with Crippen molar-refractivity contribution in [1.82, 2.24) is 5.32 Å². The number of hydrogen-bond donors (Lipinski definition) is 2. The lowest BCUT2D eigenvalue weighted by Crippen LogP contribution is -2.27. The summed E-state index contributed by atoms with van der Waals surface area (Å²) in [5.41, 5.74) is 1.58. The second-order valence-corrected chi connectivity index (χ2v) is 7.59. The summed E-state index contributed by atoms with van der Waals surface area (Å²) in [5.74, 6) is -0.323. The zero-order valence-electron chi connectivity index (χ0n) is 14.2. The SMILES string of the molecule is O=C(NCC1=CCCC=C1)c1ccccc1NS(=O)(=O)c1ccccc1. The van der Waals surface area contributed by atoms with Crippen molar-refractivity contribution in [3.63, 3.8) is 0 Å². The molecule has 0 aliphatic heterocycles. The van der Waals surface area contributed by atoms with Crippen molar-refractivity contribution >= 4 is 21.6 Å². The first-order chi connectivity index (χ1) is 12.6. The first kappa shape index (κ1) is 17.9. The van der Waals surface area contributed by atoms with Crippen molar-refractivity contribution in [2.75, 3.05) is 11.3 Å². The maximum atomic E-state index is 12.5. The number of para-hydroxylation sites is 1. The monoisotopic (exact) mass is 368 g/mol. The fourth-order valence-electron chi connectivity index (χ4n) is 2.65. The molecular weight excluding hydrogens is 348 g/mol. The predicted octanol–water partition coefficient (Wildman–Crippen LogP) is 3.49. The molecule has 0 heterocycles. The van der Waals surface area contributed by atoms with Crippen molar-refractivity contribution in [2.24, 2.45) is 0 Å². The third kappa shape index (κ3) is 4.40. The quantitative estimate of drug-likeness (QED) is 0.819. The molecule has 5 nitrogen and oxygen atoms in total. The summed E-state index contributed by atoms with van der Waals surface area (Å²) in [6.45, 7) is 0.412. The Labute approximate surface area is 153 Å². The van der Waals surface area contributed by atoms with E-state index < -0.39 is 10.0 Å². The number of sulfonamides is 1. The Kier molecular flexibility index (Phi) is 5.53. The lowest BCUT2D eigenvalue weighted by Gasteiger charge is -2.13. The summed E-state index contributed by atoms with van der Waals surface area (Å²) in [6, 6.07) is 14.6. The van der Waals surface area contributed by atoms with Crippen LogP contribution in [-0.4, -0.2) is 20.9 Å². The van der Waals surface area contributed by atoms with Gasteiger partial charge in [-0.25, -0.2) is 8.42 Å². The van der Waals surface area contributed by atoms with Gasteiger partial charge >= 0.3 is 0 Å². The van der Waals surface area contributed by atoms with E-state index in [1.165, 1.54) is 12.1 Å². The smallest absolute Gasteiger partial charge is 0.261 e. The van der Waals surface area contributed by atoms with Gasteiger partial charge in [0.1, 0.15) is 0 Å². The van der Waals surface area contributed by atoms with Crippen LogP contribution in [0.3, 0.4) is 0 Å². The second-order valence-electron chi connectivity index (χ2n) is 5.91. The molecule has 1 aliphatic rings. The zero-order chi connectivity index (χ0) is 18.4. The highest BCUT2D eigenvalue weighted by molar-refractivity contribution is 7.92. The first-order valence-corrected chi connectivity index (χ1v) is 9.85. The van der Waals surface area contributed by atoms with E-state index in [4.69, 9.17) is 0 Å². The van der Waals surface area contributed by atoms with Crippen molar-refractivity contribution in [1.29, 1.82) is 0 Å². The van der Waals surface area contributed by atoms with Gasteiger partial charge in [-0.05, 0) is 42.7 Å². The van der Waals surface area contributed by atoms with Gasteiger partial charge in [0, 0.05) is 6.54 Å². The van der Waals surface area contributed by atoms with Crippen LogP contribution in [0.2, 0.25) is 0 Å². The molecule has 26 heavy (non-hydrogen) atoms. The van der Waals surface area contributed by atoms with E-state index in [0.717, 1.165) is 18.4 Å². The summed E-state index contributed by atoms with van der Waals surface area (Å²) in [5, 5.41) is 2.84. The summed E-state index contributed by atoms with van der Waals surface area (Å²) < 4.78 is 27.5. The van der Waals surface area contributed by atoms with E-state index in [9.17, 15) is 13.2 Å². The molecule has 0 saturated carbocycles. The minimum absolute atomic E-state index is 0.146. The Hall–Kier alpha value is -2.86. The molecule has 0 radical (unpaired) electrons. The van der Waals surface area contributed by atoms with Gasteiger partial charge in [0.2, 0.25) is 0 Å². The average Bonchev–Trinajstić information content (AvgIpc) is 2.68. The Morgan fingerprint density at radius 1 is 0.962 bits per heavy atom. The van der Waals surface area contributed by atoms with Gasteiger partial charge < -0.3 is 5.32 Å². The van der Waals surface area contributed by atoms with Crippen LogP contribution in [0.4, 0.5) is 5.69 Å². The number of rotatable bonds is 6. The molecule has 6 heteroatoms. The first-order valence-electron chi connectivity index (χ1n) is 8.37. The molecular formula is C20H20N2O3S. The van der Waals surface area contributed by atoms with E-state index >= 15 is 0 Å². The van der Waals surface area contributed by atoms with Crippen LogP contribution in [0, 0.1) is 0 Å². The summed E-state index contributed by atoms with van der Waals surface area (Å²) >= 11 is 0. The van der Waals surface area contributed by atoms with E-state index in [2.05, 4.69) is 22.2 Å². The Morgan fingerprint density at radius 2 is 1.69 bits per heavy atom. The average molecular weight is 368 g/mol. The molecule has 2 aromatic carbocycles. The van der Waals surface area contributed by atoms with Gasteiger partial charge in [-0.2, -0.15) is 0 Å². The van der Waals surface area contributed by atoms with Crippen molar-refractivity contribution < 1.29 is 13.2 Å². The molecule has 0 saturated heterocycles. The number of hydrogen-bond acceptors (Lipinski definition) is 3. The minimum Gasteiger partial charge on any atom is -0.348 e. The normalized spacial score (nSPS) is 13.8. The highest BCUT2D eigenvalue weighted by Gasteiger charge is 2.18. The zero-order valence-corrected chi connectivity index (χ0v) is 15.0. The van der Waals surface area contributed by atoms with Gasteiger partial charge in [0.05, 0.1) is 16.1 Å². The molecule has 1 amide bonds. The number of carbonyl (C=O) groups excluding carboxylic acids is 1. The van der Waals surface area contributed by atoms with Crippen LogP contribution in [0.1, 0.15) is 23.2 Å². The van der Waals surface area contributed by atoms with Crippen molar-refractivity contribution in [2.45, 2.75) is 17.7 Å². The molecule has 134 valence electrons. The topological polar surface area (TPSA) is 75.3 Å². The predicted molar refractivity (Wildman–Crippen MR) is 102 cm³/mol. The Morgan fingerprint density at radius 3 is 2.42 bits per heavy atom. The minimum atomic E-state index is -3.76. The summed E-state index contributed by atoms with van der Waals surface area (Å²) in [7, 11) is -3.76. The van der Waals surface area contributed by atoms with Gasteiger partial charge in [-0.15, -0.1) is 0 Å². The third-order valence-corrected chi connectivity index (χ3v) is 5.38.